The Hall–Kier alpha value is -5.10. The van der Waals surface area contributed by atoms with E-state index in [1.807, 2.05) is 72.8 Å². The smallest absolute Gasteiger partial charge is 0.248 e. The normalized spacial score (nSPS) is 12.0. The molecule has 0 aromatic heterocycles. The number of methoxy groups -OCH3 is 3. The first-order chi connectivity index (χ1) is 19.0. The lowest BCUT2D eigenvalue weighted by atomic mass is 9.81. The third-order valence-electron chi connectivity index (χ3n) is 6.53. The van der Waals surface area contributed by atoms with Crippen LogP contribution in [0.3, 0.4) is 0 Å². The van der Waals surface area contributed by atoms with E-state index in [1.54, 1.807) is 39.5 Å². The number of ketones is 1. The SMILES string of the molecule is COc1cc(/C=C/C(=O)Nc2ccc(C=C3c4ccccc4C(=O)c4ccccc43)cc2)cc(OC)c1OC. The summed E-state index contributed by atoms with van der Waals surface area (Å²) in [6.07, 6.45) is 5.20. The van der Waals surface area contributed by atoms with Gasteiger partial charge in [0.25, 0.3) is 0 Å². The zero-order chi connectivity index (χ0) is 27.4. The summed E-state index contributed by atoms with van der Waals surface area (Å²) in [5, 5.41) is 2.88. The molecule has 1 aliphatic carbocycles. The molecule has 0 saturated heterocycles. The summed E-state index contributed by atoms with van der Waals surface area (Å²) in [5.41, 5.74) is 6.56. The van der Waals surface area contributed by atoms with Crippen molar-refractivity contribution >= 4 is 35.1 Å². The van der Waals surface area contributed by atoms with Gasteiger partial charge in [-0.05, 0) is 64.2 Å². The molecule has 4 aromatic carbocycles. The van der Waals surface area contributed by atoms with Crippen LogP contribution < -0.4 is 19.5 Å². The summed E-state index contributed by atoms with van der Waals surface area (Å²) >= 11 is 0. The minimum atomic E-state index is -0.275. The molecular weight excluding hydrogens is 490 g/mol. The number of amides is 1. The molecule has 0 saturated carbocycles. The lowest BCUT2D eigenvalue weighted by Gasteiger charge is -2.21. The molecule has 6 heteroatoms. The maximum atomic E-state index is 13.0. The van der Waals surface area contributed by atoms with Gasteiger partial charge >= 0.3 is 0 Å². The van der Waals surface area contributed by atoms with Crippen LogP contribution in [0.2, 0.25) is 0 Å². The quantitative estimate of drug-likeness (QED) is 0.250. The van der Waals surface area contributed by atoms with Gasteiger partial charge in [0.1, 0.15) is 0 Å². The highest BCUT2D eigenvalue weighted by Crippen LogP contribution is 2.39. The van der Waals surface area contributed by atoms with E-state index in [1.165, 1.54) is 6.08 Å². The Kier molecular flexibility index (Phi) is 7.28. The first-order valence-corrected chi connectivity index (χ1v) is 12.4. The zero-order valence-electron chi connectivity index (χ0n) is 21.9. The summed E-state index contributed by atoms with van der Waals surface area (Å²) in [6, 6.07) is 26.4. The molecule has 0 spiro atoms. The van der Waals surface area contributed by atoms with Crippen molar-refractivity contribution < 1.29 is 23.8 Å². The summed E-state index contributed by atoms with van der Waals surface area (Å²) in [4.78, 5) is 25.6. The Morgan fingerprint density at radius 1 is 0.692 bits per heavy atom. The Morgan fingerprint density at radius 2 is 1.23 bits per heavy atom. The van der Waals surface area contributed by atoms with Crippen molar-refractivity contribution in [2.45, 2.75) is 0 Å². The van der Waals surface area contributed by atoms with Gasteiger partial charge in [0.15, 0.2) is 17.3 Å². The van der Waals surface area contributed by atoms with Crippen LogP contribution in [-0.4, -0.2) is 33.0 Å². The summed E-state index contributed by atoms with van der Waals surface area (Å²) < 4.78 is 16.1. The Labute approximate surface area is 227 Å². The topological polar surface area (TPSA) is 73.9 Å². The molecule has 6 nitrogen and oxygen atoms in total. The van der Waals surface area contributed by atoms with Gasteiger partial charge in [-0.1, -0.05) is 60.7 Å². The molecule has 0 fully saturated rings. The average molecular weight is 518 g/mol. The van der Waals surface area contributed by atoms with Gasteiger partial charge in [-0.25, -0.2) is 0 Å². The van der Waals surface area contributed by atoms with Crippen molar-refractivity contribution in [3.63, 3.8) is 0 Å². The van der Waals surface area contributed by atoms with Crippen LogP contribution in [0.25, 0.3) is 17.7 Å². The molecule has 0 atom stereocenters. The third-order valence-corrected chi connectivity index (χ3v) is 6.53. The van der Waals surface area contributed by atoms with Crippen molar-refractivity contribution in [1.29, 1.82) is 0 Å². The number of benzene rings is 4. The van der Waals surface area contributed by atoms with Crippen molar-refractivity contribution in [3.8, 4) is 17.2 Å². The zero-order valence-corrected chi connectivity index (χ0v) is 21.9. The minimum absolute atomic E-state index is 0.0380. The standard InChI is InChI=1S/C33H27NO5/c1-37-29-19-22(20-30(38-2)33(29)39-3)14-17-31(35)34-23-15-12-21(13-16-23)18-28-24-8-4-6-10-26(24)32(36)27-11-7-5-9-25(27)28/h4-20H,1-3H3,(H,34,35)/b17-14+. The van der Waals surface area contributed by atoms with Crippen LogP contribution in [0, 0.1) is 0 Å². The highest BCUT2D eigenvalue weighted by molar-refractivity contribution is 6.20. The highest BCUT2D eigenvalue weighted by Gasteiger charge is 2.26. The number of rotatable bonds is 7. The maximum absolute atomic E-state index is 13.0. The number of hydrogen-bond donors (Lipinski definition) is 1. The number of carbonyl (C=O) groups excluding carboxylic acids is 2. The fourth-order valence-corrected chi connectivity index (χ4v) is 4.66. The van der Waals surface area contributed by atoms with E-state index in [2.05, 4.69) is 11.4 Å². The summed E-state index contributed by atoms with van der Waals surface area (Å²) in [7, 11) is 4.63. The van der Waals surface area contributed by atoms with E-state index in [0.717, 1.165) is 27.8 Å². The summed E-state index contributed by atoms with van der Waals surface area (Å²) in [6.45, 7) is 0. The van der Waals surface area contributed by atoms with Crippen molar-refractivity contribution in [1.82, 2.24) is 0 Å². The molecule has 0 aliphatic heterocycles. The van der Waals surface area contributed by atoms with E-state index in [-0.39, 0.29) is 11.7 Å². The van der Waals surface area contributed by atoms with Gasteiger partial charge in [-0.3, -0.25) is 9.59 Å². The average Bonchev–Trinajstić information content (AvgIpc) is 2.98. The number of fused-ring (bicyclic) bond motifs is 2. The lowest BCUT2D eigenvalue weighted by molar-refractivity contribution is -0.111. The van der Waals surface area contributed by atoms with Crippen LogP contribution in [0.1, 0.15) is 38.2 Å². The minimum Gasteiger partial charge on any atom is -0.493 e. The van der Waals surface area contributed by atoms with Crippen LogP contribution >= 0.6 is 0 Å². The Balaban J connectivity index is 1.35. The molecule has 0 bridgehead atoms. The molecule has 1 amide bonds. The van der Waals surface area contributed by atoms with Crippen LogP contribution in [0.15, 0.2) is 91.0 Å². The van der Waals surface area contributed by atoms with Gasteiger partial charge in [-0.2, -0.15) is 0 Å². The van der Waals surface area contributed by atoms with Gasteiger partial charge in [-0.15, -0.1) is 0 Å². The second-order valence-electron chi connectivity index (χ2n) is 8.88. The molecule has 4 aromatic rings. The molecule has 0 unspecified atom stereocenters. The molecule has 194 valence electrons. The third kappa shape index (κ3) is 5.18. The first kappa shape index (κ1) is 25.5. The van der Waals surface area contributed by atoms with Crippen molar-refractivity contribution in [2.75, 3.05) is 26.6 Å². The number of nitrogens with one attached hydrogen (secondary N) is 1. The number of ether oxygens (including phenoxy) is 3. The first-order valence-electron chi connectivity index (χ1n) is 12.4. The predicted octanol–water partition coefficient (Wildman–Crippen LogP) is 6.50. The van der Waals surface area contributed by atoms with E-state index < -0.39 is 0 Å². The monoisotopic (exact) mass is 517 g/mol. The molecule has 0 radical (unpaired) electrons. The van der Waals surface area contributed by atoms with E-state index in [0.29, 0.717) is 34.1 Å². The second kappa shape index (κ2) is 11.1. The van der Waals surface area contributed by atoms with Gasteiger partial charge < -0.3 is 19.5 Å². The lowest BCUT2D eigenvalue weighted by Crippen LogP contribution is -2.14. The van der Waals surface area contributed by atoms with E-state index in [4.69, 9.17) is 14.2 Å². The number of carbonyl (C=O) groups is 2. The van der Waals surface area contributed by atoms with E-state index in [9.17, 15) is 9.59 Å². The molecule has 1 aliphatic rings. The fraction of sp³-hybridized carbons (Fsp3) is 0.0909. The second-order valence-corrected chi connectivity index (χ2v) is 8.88. The fourth-order valence-electron chi connectivity index (χ4n) is 4.66. The summed E-state index contributed by atoms with van der Waals surface area (Å²) in [5.74, 6) is 1.27. The van der Waals surface area contributed by atoms with Crippen LogP contribution in [0.5, 0.6) is 17.2 Å². The molecule has 1 N–H and O–H groups in total. The predicted molar refractivity (Wildman–Crippen MR) is 153 cm³/mol. The highest BCUT2D eigenvalue weighted by atomic mass is 16.5. The van der Waals surface area contributed by atoms with Crippen molar-refractivity contribution in [2.24, 2.45) is 0 Å². The molecule has 39 heavy (non-hydrogen) atoms. The maximum Gasteiger partial charge on any atom is 0.248 e. The largest absolute Gasteiger partial charge is 0.493 e. The number of anilines is 1. The van der Waals surface area contributed by atoms with Gasteiger partial charge in [0.2, 0.25) is 11.7 Å². The van der Waals surface area contributed by atoms with Crippen LogP contribution in [-0.2, 0) is 4.79 Å². The van der Waals surface area contributed by atoms with Gasteiger partial charge in [0, 0.05) is 22.9 Å². The van der Waals surface area contributed by atoms with Crippen LogP contribution in [0.4, 0.5) is 5.69 Å². The Morgan fingerprint density at radius 3 is 1.74 bits per heavy atom. The van der Waals surface area contributed by atoms with E-state index >= 15 is 0 Å². The molecule has 0 heterocycles. The Bertz CT molecular complexity index is 1540. The van der Waals surface area contributed by atoms with Gasteiger partial charge in [0.05, 0.1) is 21.3 Å². The van der Waals surface area contributed by atoms with Crippen molar-refractivity contribution in [3.05, 3.63) is 124 Å². The number of hydrogen-bond acceptors (Lipinski definition) is 5. The molecule has 5 rings (SSSR count). The molecular formula is C33H27NO5.